The number of aliphatic carboxylic acids is 1. The van der Waals surface area contributed by atoms with Crippen LogP contribution in [0.2, 0.25) is 5.02 Å². The maximum Gasteiger partial charge on any atom is 0.325 e. The average Bonchev–Trinajstić information content (AvgIpc) is 3.67. The molecule has 0 amide bonds. The summed E-state index contributed by atoms with van der Waals surface area (Å²) >= 11 is 5.99. The number of carbonyl (C=O) groups is 1. The van der Waals surface area contributed by atoms with Crippen LogP contribution in [-0.4, -0.2) is 40.9 Å². The lowest BCUT2D eigenvalue weighted by Crippen LogP contribution is -2.49. The van der Waals surface area contributed by atoms with Gasteiger partial charge in [-0.2, -0.15) is 4.31 Å². The maximum absolute atomic E-state index is 14.0. The normalized spacial score (nSPS) is 18.5. The van der Waals surface area contributed by atoms with Gasteiger partial charge in [0.05, 0.1) is 4.90 Å². The Kier molecular flexibility index (Phi) is 8.23. The number of nitrogens with zero attached hydrogens (tertiary/aromatic N) is 2. The molecule has 1 heterocycles. The minimum atomic E-state index is -4.14. The number of benzene rings is 3. The molecule has 4 aromatic rings. The second-order valence-electron chi connectivity index (χ2n) is 9.11. The Balaban J connectivity index is 0.00000336. The van der Waals surface area contributed by atoms with Crippen molar-refractivity contribution in [3.63, 3.8) is 0 Å². The molecule has 1 aliphatic carbocycles. The number of rotatable bonds is 9. The third kappa shape index (κ3) is 5.33. The van der Waals surface area contributed by atoms with Gasteiger partial charge in [0, 0.05) is 29.9 Å². The van der Waals surface area contributed by atoms with Crippen molar-refractivity contribution in [1.29, 1.82) is 0 Å². The first-order valence-electron chi connectivity index (χ1n) is 11.9. The fraction of sp³-hybridized carbons (Fsp3) is 0.172. The first-order valence-corrected chi connectivity index (χ1v) is 13.7. The fourth-order valence-electron chi connectivity index (χ4n) is 4.85. The molecule has 0 bridgehead atoms. The van der Waals surface area contributed by atoms with Gasteiger partial charge in [-0.3, -0.25) is 9.78 Å². The fourth-order valence-corrected chi connectivity index (χ4v) is 6.75. The number of carboxylic acid groups (broad SMARTS) is 1. The van der Waals surface area contributed by atoms with Gasteiger partial charge in [0.1, 0.15) is 5.54 Å². The molecule has 0 unspecified atom stereocenters. The van der Waals surface area contributed by atoms with E-state index in [2.05, 4.69) is 4.98 Å². The van der Waals surface area contributed by atoms with E-state index in [0.717, 1.165) is 22.3 Å². The molecule has 1 aliphatic rings. The number of sulfonamides is 1. The molecule has 0 saturated heterocycles. The average molecular weight is 570 g/mol. The van der Waals surface area contributed by atoms with Gasteiger partial charge < -0.3 is 5.11 Å². The Labute approximate surface area is 233 Å². The number of halogens is 2. The van der Waals surface area contributed by atoms with Crippen LogP contribution in [-0.2, 0) is 21.2 Å². The summed E-state index contributed by atoms with van der Waals surface area (Å²) in [5.74, 6) is -1.58. The van der Waals surface area contributed by atoms with E-state index in [0.29, 0.717) is 11.4 Å². The highest BCUT2D eigenvalue weighted by molar-refractivity contribution is 7.89. The highest BCUT2D eigenvalue weighted by atomic mass is 35.5. The van der Waals surface area contributed by atoms with Gasteiger partial charge in [-0.1, -0.05) is 66.2 Å². The van der Waals surface area contributed by atoms with Crippen LogP contribution in [0.3, 0.4) is 0 Å². The lowest BCUT2D eigenvalue weighted by Gasteiger charge is -2.29. The smallest absolute Gasteiger partial charge is 0.325 e. The quantitative estimate of drug-likeness (QED) is 0.265. The summed E-state index contributed by atoms with van der Waals surface area (Å²) in [6.45, 7) is 0.0287. The van der Waals surface area contributed by atoms with Crippen LogP contribution < -0.4 is 0 Å². The minimum absolute atomic E-state index is 0. The van der Waals surface area contributed by atoms with Gasteiger partial charge in [-0.05, 0) is 71.5 Å². The zero-order chi connectivity index (χ0) is 26.0. The highest BCUT2D eigenvalue weighted by Crippen LogP contribution is 2.57. The number of pyridine rings is 1. The zero-order valence-corrected chi connectivity index (χ0v) is 22.7. The monoisotopic (exact) mass is 568 g/mol. The number of aromatic nitrogens is 1. The van der Waals surface area contributed by atoms with E-state index in [1.54, 1.807) is 48.8 Å². The van der Waals surface area contributed by atoms with E-state index in [-0.39, 0.29) is 30.3 Å². The Morgan fingerprint density at radius 3 is 2.08 bits per heavy atom. The zero-order valence-electron chi connectivity index (χ0n) is 20.3. The molecule has 196 valence electrons. The van der Waals surface area contributed by atoms with Crippen molar-refractivity contribution in [2.45, 2.75) is 29.2 Å². The summed E-state index contributed by atoms with van der Waals surface area (Å²) in [5, 5.41) is 11.0. The van der Waals surface area contributed by atoms with E-state index >= 15 is 0 Å². The van der Waals surface area contributed by atoms with Gasteiger partial charge in [-0.15, -0.1) is 12.4 Å². The van der Waals surface area contributed by atoms with Crippen LogP contribution in [0.4, 0.5) is 0 Å². The minimum Gasteiger partial charge on any atom is -0.480 e. The van der Waals surface area contributed by atoms with E-state index in [9.17, 15) is 18.3 Å². The van der Waals surface area contributed by atoms with Gasteiger partial charge >= 0.3 is 5.97 Å². The second kappa shape index (κ2) is 11.3. The summed E-state index contributed by atoms with van der Waals surface area (Å²) in [6, 6.07) is 26.6. The maximum atomic E-state index is 14.0. The van der Waals surface area contributed by atoms with Crippen molar-refractivity contribution < 1.29 is 18.3 Å². The van der Waals surface area contributed by atoms with E-state index in [1.807, 2.05) is 42.5 Å². The molecular formula is C29H26Cl2N2O4S. The van der Waals surface area contributed by atoms with Crippen molar-refractivity contribution in [3.8, 4) is 11.1 Å². The van der Waals surface area contributed by atoms with Gasteiger partial charge in [0.25, 0.3) is 0 Å². The van der Waals surface area contributed by atoms with Crippen LogP contribution >= 0.6 is 24.0 Å². The third-order valence-electron chi connectivity index (χ3n) is 6.92. The van der Waals surface area contributed by atoms with Crippen LogP contribution in [0.5, 0.6) is 0 Å². The van der Waals surface area contributed by atoms with Crippen molar-refractivity contribution in [1.82, 2.24) is 9.29 Å². The van der Waals surface area contributed by atoms with Crippen LogP contribution in [0.25, 0.3) is 11.1 Å². The molecule has 2 atom stereocenters. The summed E-state index contributed by atoms with van der Waals surface area (Å²) in [5.41, 5.74) is 1.87. The first kappa shape index (κ1) is 27.8. The predicted molar refractivity (Wildman–Crippen MR) is 150 cm³/mol. The third-order valence-corrected chi connectivity index (χ3v) is 9.13. The van der Waals surface area contributed by atoms with Crippen molar-refractivity contribution in [3.05, 3.63) is 120 Å². The molecule has 6 nitrogen and oxygen atoms in total. The SMILES string of the molecule is Cl.O=C(O)[C@@]1(N(CCc2ccncc2)S(=O)(=O)c2ccc(-c3ccc(Cl)cc3)cc2)C[C@H]1c1ccccc1. The molecule has 0 spiro atoms. The topological polar surface area (TPSA) is 87.6 Å². The molecule has 1 aromatic heterocycles. The van der Waals surface area contributed by atoms with E-state index in [4.69, 9.17) is 11.6 Å². The molecule has 1 fully saturated rings. The van der Waals surface area contributed by atoms with Gasteiger partial charge in [0.2, 0.25) is 10.0 Å². The molecule has 3 aromatic carbocycles. The van der Waals surface area contributed by atoms with Crippen molar-refractivity contribution in [2.75, 3.05) is 6.54 Å². The van der Waals surface area contributed by atoms with E-state index in [1.165, 1.54) is 16.4 Å². The Morgan fingerprint density at radius 1 is 0.921 bits per heavy atom. The molecule has 38 heavy (non-hydrogen) atoms. The van der Waals surface area contributed by atoms with E-state index < -0.39 is 27.4 Å². The van der Waals surface area contributed by atoms with Crippen LogP contribution in [0, 0.1) is 0 Å². The molecule has 0 radical (unpaired) electrons. The van der Waals surface area contributed by atoms with Crippen molar-refractivity contribution >= 4 is 40.0 Å². The standard InChI is InChI=1S/C29H25ClN2O4S.ClH/c30-25-10-6-22(7-11-25)23-8-12-26(13-9-23)37(35,36)32(19-16-21-14-17-31-18-15-21)29(28(33)34)20-27(29)24-4-2-1-3-5-24;/h1-15,17-18,27H,16,19-20H2,(H,33,34);1H/t27-,29+;/m0./s1. The Bertz CT molecular complexity index is 1500. The second-order valence-corrected chi connectivity index (χ2v) is 11.4. The lowest BCUT2D eigenvalue weighted by molar-refractivity contribution is -0.143. The van der Waals surface area contributed by atoms with Gasteiger partial charge in [0.15, 0.2) is 0 Å². The summed E-state index contributed by atoms with van der Waals surface area (Å²) in [6.07, 6.45) is 3.85. The summed E-state index contributed by atoms with van der Waals surface area (Å²) in [7, 11) is -4.14. The summed E-state index contributed by atoms with van der Waals surface area (Å²) < 4.78 is 29.3. The number of carboxylic acids is 1. The summed E-state index contributed by atoms with van der Waals surface area (Å²) in [4.78, 5) is 16.8. The Morgan fingerprint density at radius 2 is 1.50 bits per heavy atom. The molecule has 1 saturated carbocycles. The molecule has 0 aliphatic heterocycles. The predicted octanol–water partition coefficient (Wildman–Crippen LogP) is 6.07. The molecule has 1 N–H and O–H groups in total. The highest BCUT2D eigenvalue weighted by Gasteiger charge is 2.67. The molecular weight excluding hydrogens is 543 g/mol. The first-order chi connectivity index (χ1) is 17.8. The van der Waals surface area contributed by atoms with Gasteiger partial charge in [-0.25, -0.2) is 8.42 Å². The number of hydrogen-bond acceptors (Lipinski definition) is 4. The van der Waals surface area contributed by atoms with Crippen molar-refractivity contribution in [2.24, 2.45) is 0 Å². The number of hydrogen-bond donors (Lipinski definition) is 1. The lowest BCUT2D eigenvalue weighted by atomic mass is 10.1. The molecule has 5 rings (SSSR count). The Hall–Kier alpha value is -3.23. The van der Waals surface area contributed by atoms with Crippen LogP contribution in [0.1, 0.15) is 23.5 Å². The molecule has 9 heteroatoms. The largest absolute Gasteiger partial charge is 0.480 e. The van der Waals surface area contributed by atoms with Crippen LogP contribution in [0.15, 0.2) is 108 Å².